The fourth-order valence-electron chi connectivity index (χ4n) is 3.39. The molecule has 4 rings (SSSR count). The molecule has 31 heavy (non-hydrogen) atoms. The first-order valence-corrected chi connectivity index (χ1v) is 10.9. The van der Waals surface area contributed by atoms with Crippen LogP contribution >= 0.6 is 34.5 Å². The lowest BCUT2D eigenvalue weighted by Crippen LogP contribution is -2.16. The van der Waals surface area contributed by atoms with Crippen molar-refractivity contribution in [3.8, 4) is 11.3 Å². The number of hydrogen-bond donors (Lipinski definition) is 1. The van der Waals surface area contributed by atoms with E-state index in [2.05, 4.69) is 5.32 Å². The molecule has 1 amide bonds. The largest absolute Gasteiger partial charge is 0.465 e. The maximum absolute atomic E-state index is 13.4. The van der Waals surface area contributed by atoms with Crippen molar-refractivity contribution in [1.29, 1.82) is 0 Å². The summed E-state index contributed by atoms with van der Waals surface area (Å²) in [5.41, 5.74) is 3.42. The summed E-state index contributed by atoms with van der Waals surface area (Å²) in [5, 5.41) is 6.21. The molecule has 4 aromatic rings. The molecular formula is C23H16Cl2N2O3S. The van der Waals surface area contributed by atoms with Crippen molar-refractivity contribution < 1.29 is 14.3 Å². The number of ether oxygens (including phenoxy) is 1. The van der Waals surface area contributed by atoms with Gasteiger partial charge in [-0.3, -0.25) is 4.79 Å². The Kier molecular flexibility index (Phi) is 5.96. The molecule has 0 spiro atoms. The Morgan fingerprint density at radius 1 is 1.10 bits per heavy atom. The van der Waals surface area contributed by atoms with Crippen LogP contribution < -0.4 is 5.32 Å². The normalized spacial score (nSPS) is 10.8. The molecule has 2 heterocycles. The molecule has 0 aliphatic carbocycles. The topological polar surface area (TPSA) is 68.3 Å². The van der Waals surface area contributed by atoms with Gasteiger partial charge in [0, 0.05) is 16.0 Å². The van der Waals surface area contributed by atoms with Crippen LogP contribution in [-0.4, -0.2) is 24.0 Å². The number of fused-ring (bicyclic) bond motifs is 1. The van der Waals surface area contributed by atoms with Gasteiger partial charge in [-0.25, -0.2) is 9.78 Å². The summed E-state index contributed by atoms with van der Waals surface area (Å²) in [6.07, 6.45) is 0. The number of methoxy groups -OCH3 is 1. The molecule has 0 saturated carbocycles. The lowest BCUT2D eigenvalue weighted by molar-refractivity contribution is 0.0607. The van der Waals surface area contributed by atoms with Crippen molar-refractivity contribution >= 4 is 63.0 Å². The zero-order valence-electron chi connectivity index (χ0n) is 16.5. The van der Waals surface area contributed by atoms with E-state index in [1.54, 1.807) is 29.6 Å². The number of rotatable bonds is 4. The van der Waals surface area contributed by atoms with Crippen molar-refractivity contribution in [2.45, 2.75) is 6.92 Å². The number of amides is 1. The first kappa shape index (κ1) is 21.3. The Labute approximate surface area is 192 Å². The third-order valence-electron chi connectivity index (χ3n) is 4.83. The van der Waals surface area contributed by atoms with E-state index in [1.807, 2.05) is 31.2 Å². The van der Waals surface area contributed by atoms with Gasteiger partial charge < -0.3 is 10.1 Å². The van der Waals surface area contributed by atoms with Crippen molar-refractivity contribution in [3.05, 3.63) is 80.0 Å². The molecular weight excluding hydrogens is 455 g/mol. The van der Waals surface area contributed by atoms with E-state index in [4.69, 9.17) is 32.9 Å². The van der Waals surface area contributed by atoms with Gasteiger partial charge in [0.25, 0.3) is 5.91 Å². The molecule has 1 N–H and O–H groups in total. The van der Waals surface area contributed by atoms with Crippen molar-refractivity contribution in [1.82, 2.24) is 4.98 Å². The molecule has 0 atom stereocenters. The molecule has 8 heteroatoms. The van der Waals surface area contributed by atoms with Gasteiger partial charge in [0.15, 0.2) is 0 Å². The maximum Gasteiger partial charge on any atom is 0.350 e. The Morgan fingerprint density at radius 2 is 1.87 bits per heavy atom. The van der Waals surface area contributed by atoms with Crippen LogP contribution in [0, 0.1) is 6.92 Å². The molecule has 0 radical (unpaired) electrons. The molecule has 156 valence electrons. The molecule has 2 aromatic carbocycles. The van der Waals surface area contributed by atoms with E-state index < -0.39 is 5.97 Å². The van der Waals surface area contributed by atoms with Gasteiger partial charge in [0.2, 0.25) is 0 Å². The second-order valence-corrected chi connectivity index (χ2v) is 8.47. The van der Waals surface area contributed by atoms with Gasteiger partial charge >= 0.3 is 5.97 Å². The monoisotopic (exact) mass is 470 g/mol. The molecule has 0 saturated heterocycles. The zero-order valence-corrected chi connectivity index (χ0v) is 18.9. The van der Waals surface area contributed by atoms with Crippen molar-refractivity contribution in [2.75, 3.05) is 12.4 Å². The molecule has 0 aliphatic heterocycles. The summed E-state index contributed by atoms with van der Waals surface area (Å²) >= 11 is 13.7. The van der Waals surface area contributed by atoms with E-state index in [0.717, 1.165) is 0 Å². The highest BCUT2D eigenvalue weighted by atomic mass is 35.5. The second-order valence-electron chi connectivity index (χ2n) is 6.71. The van der Waals surface area contributed by atoms with Crippen molar-refractivity contribution in [2.24, 2.45) is 0 Å². The number of nitrogens with one attached hydrogen (secondary N) is 1. The summed E-state index contributed by atoms with van der Waals surface area (Å²) in [6.45, 7) is 1.82. The number of nitrogens with zero attached hydrogens (tertiary/aromatic N) is 1. The third-order valence-corrected chi connectivity index (χ3v) is 6.28. The smallest absolute Gasteiger partial charge is 0.350 e. The minimum absolute atomic E-state index is 0.327. The molecule has 0 unspecified atom stereocenters. The highest BCUT2D eigenvalue weighted by Crippen LogP contribution is 2.35. The Bertz CT molecular complexity index is 1330. The van der Waals surface area contributed by atoms with Gasteiger partial charge in [-0.15, -0.1) is 11.3 Å². The fourth-order valence-corrected chi connectivity index (χ4v) is 4.65. The maximum atomic E-state index is 13.4. The number of aromatic nitrogens is 1. The van der Waals surface area contributed by atoms with E-state index >= 15 is 0 Å². The quantitative estimate of drug-likeness (QED) is 0.340. The average Bonchev–Trinajstić information content (AvgIpc) is 3.21. The number of thiophene rings is 1. The number of halogens is 2. The minimum atomic E-state index is -0.504. The molecule has 2 aromatic heterocycles. The zero-order chi connectivity index (χ0) is 22.1. The summed E-state index contributed by atoms with van der Waals surface area (Å²) in [6, 6.07) is 14.2. The highest BCUT2D eigenvalue weighted by Gasteiger charge is 2.22. The number of benzene rings is 2. The van der Waals surface area contributed by atoms with Gasteiger partial charge in [-0.2, -0.15) is 0 Å². The summed E-state index contributed by atoms with van der Waals surface area (Å²) in [7, 11) is 1.30. The summed E-state index contributed by atoms with van der Waals surface area (Å²) < 4.78 is 4.80. The first-order valence-electron chi connectivity index (χ1n) is 9.22. The number of carbonyl (C=O) groups excluding carboxylic acids is 2. The van der Waals surface area contributed by atoms with Gasteiger partial charge in [-0.05, 0) is 48.2 Å². The minimum Gasteiger partial charge on any atom is -0.465 e. The lowest BCUT2D eigenvalue weighted by Gasteiger charge is -2.15. The third kappa shape index (κ3) is 4.02. The average molecular weight is 471 g/mol. The predicted octanol–water partition coefficient (Wildman–Crippen LogP) is 6.62. The fraction of sp³-hybridized carbons (Fsp3) is 0.0870. The van der Waals surface area contributed by atoms with Crippen LogP contribution in [0.4, 0.5) is 5.69 Å². The Hall–Kier alpha value is -2.93. The molecule has 5 nitrogen and oxygen atoms in total. The Morgan fingerprint density at radius 3 is 2.61 bits per heavy atom. The highest BCUT2D eigenvalue weighted by molar-refractivity contribution is 7.12. The van der Waals surface area contributed by atoms with E-state index in [0.29, 0.717) is 53.9 Å². The predicted molar refractivity (Wildman–Crippen MR) is 126 cm³/mol. The second kappa shape index (κ2) is 8.67. The van der Waals surface area contributed by atoms with Crippen LogP contribution in [0.3, 0.4) is 0 Å². The van der Waals surface area contributed by atoms with Gasteiger partial charge in [0.05, 0.1) is 34.6 Å². The summed E-state index contributed by atoms with van der Waals surface area (Å²) in [4.78, 5) is 30.5. The Balaban J connectivity index is 1.87. The van der Waals surface area contributed by atoms with Crippen LogP contribution in [0.2, 0.25) is 10.0 Å². The molecule has 0 aliphatic rings. The van der Waals surface area contributed by atoms with Gasteiger partial charge in [-0.1, -0.05) is 41.4 Å². The number of carbonyl (C=O) groups is 2. The first-order chi connectivity index (χ1) is 14.9. The van der Waals surface area contributed by atoms with Crippen molar-refractivity contribution in [3.63, 3.8) is 0 Å². The number of hydrogen-bond acceptors (Lipinski definition) is 5. The summed E-state index contributed by atoms with van der Waals surface area (Å²) in [5.74, 6) is -0.860. The van der Waals surface area contributed by atoms with E-state index in [1.165, 1.54) is 18.4 Å². The van der Waals surface area contributed by atoms with E-state index in [9.17, 15) is 9.59 Å². The van der Waals surface area contributed by atoms with Crippen LogP contribution in [0.25, 0.3) is 22.2 Å². The number of esters is 1. The standard InChI is InChI=1S/C23H16Cl2N2O3S/c1-12-19(22(28)27-18-9-10-31-21(18)23(29)30-2)15-5-3-4-6-17(15)26-20(12)14-8-7-13(24)11-16(14)25/h3-11H,1-2H3,(H,27,28). The molecule has 0 bridgehead atoms. The van der Waals surface area contributed by atoms with Crippen LogP contribution in [0.15, 0.2) is 53.9 Å². The van der Waals surface area contributed by atoms with Gasteiger partial charge in [0.1, 0.15) is 4.88 Å². The van der Waals surface area contributed by atoms with Crippen LogP contribution in [-0.2, 0) is 4.74 Å². The SMILES string of the molecule is COC(=O)c1sccc1NC(=O)c1c(C)c(-c2ccc(Cl)cc2Cl)nc2ccccc12. The number of pyridine rings is 1. The molecule has 0 fully saturated rings. The lowest BCUT2D eigenvalue weighted by atomic mass is 9.97. The van der Waals surface area contributed by atoms with Crippen LogP contribution in [0.5, 0.6) is 0 Å². The number of para-hydroxylation sites is 1. The van der Waals surface area contributed by atoms with E-state index in [-0.39, 0.29) is 5.91 Å². The number of anilines is 1. The van der Waals surface area contributed by atoms with Crippen LogP contribution in [0.1, 0.15) is 25.6 Å².